The summed E-state index contributed by atoms with van der Waals surface area (Å²) in [6, 6.07) is 11.0. The minimum Gasteiger partial charge on any atom is -0.328 e. The number of aromatic nitrogens is 1. The Morgan fingerprint density at radius 3 is 2.22 bits per heavy atom. The van der Waals surface area contributed by atoms with Crippen LogP contribution >= 0.6 is 0 Å². The highest BCUT2D eigenvalue weighted by molar-refractivity contribution is 5.48. The zero-order valence-corrected chi connectivity index (χ0v) is 11.7. The molecule has 1 aromatic heterocycles. The molecule has 0 fully saturated rings. The maximum atomic E-state index is 5.92. The summed E-state index contributed by atoms with van der Waals surface area (Å²) in [5, 5.41) is 0. The van der Waals surface area contributed by atoms with Crippen molar-refractivity contribution < 1.29 is 0 Å². The van der Waals surface area contributed by atoms with Crippen LogP contribution in [0.5, 0.6) is 0 Å². The molecule has 0 aliphatic rings. The molecule has 2 aromatic rings. The molecule has 0 saturated heterocycles. The maximum absolute atomic E-state index is 5.92. The lowest BCUT2D eigenvalue weighted by Gasteiger charge is -2.16. The Kier molecular flexibility index (Phi) is 3.58. The third kappa shape index (κ3) is 2.34. The quantitative estimate of drug-likeness (QED) is 0.879. The van der Waals surface area contributed by atoms with E-state index in [4.69, 9.17) is 5.73 Å². The van der Waals surface area contributed by atoms with E-state index in [-0.39, 0.29) is 6.04 Å². The fourth-order valence-corrected chi connectivity index (χ4v) is 2.53. The maximum Gasteiger partial charge on any atom is 0.0486 e. The van der Waals surface area contributed by atoms with Crippen LogP contribution in [0.3, 0.4) is 0 Å². The van der Waals surface area contributed by atoms with Crippen molar-refractivity contribution in [3.63, 3.8) is 0 Å². The van der Waals surface area contributed by atoms with Gasteiger partial charge in [-0.25, -0.2) is 0 Å². The Bertz CT molecular complexity index is 531. The third-order valence-electron chi connectivity index (χ3n) is 3.47. The second kappa shape index (κ2) is 4.99. The minimum absolute atomic E-state index is 0.200. The number of nitrogens with two attached hydrogens (primary N) is 1. The molecule has 96 valence electrons. The van der Waals surface area contributed by atoms with E-state index in [9.17, 15) is 0 Å². The fourth-order valence-electron chi connectivity index (χ4n) is 2.53. The zero-order chi connectivity index (χ0) is 13.3. The highest BCUT2D eigenvalue weighted by Crippen LogP contribution is 2.23. The van der Waals surface area contributed by atoms with E-state index >= 15 is 0 Å². The van der Waals surface area contributed by atoms with Crippen molar-refractivity contribution in [3.8, 4) is 5.69 Å². The van der Waals surface area contributed by atoms with Gasteiger partial charge in [-0.15, -0.1) is 0 Å². The summed E-state index contributed by atoms with van der Waals surface area (Å²) in [5.74, 6) is 0. The molecule has 0 saturated carbocycles. The summed E-state index contributed by atoms with van der Waals surface area (Å²) >= 11 is 0. The van der Waals surface area contributed by atoms with Crippen molar-refractivity contribution in [2.45, 2.75) is 40.2 Å². The lowest BCUT2D eigenvalue weighted by atomic mass is 10.0. The molecule has 0 bridgehead atoms. The number of nitrogens with zero attached hydrogens (tertiary/aromatic N) is 1. The Labute approximate surface area is 109 Å². The van der Waals surface area contributed by atoms with Crippen molar-refractivity contribution in [2.75, 3.05) is 0 Å². The van der Waals surface area contributed by atoms with Gasteiger partial charge in [-0.3, -0.25) is 0 Å². The van der Waals surface area contributed by atoms with Crippen LogP contribution in [0.25, 0.3) is 5.69 Å². The van der Waals surface area contributed by atoms with Gasteiger partial charge in [-0.1, -0.05) is 12.1 Å². The molecule has 0 spiro atoms. The van der Waals surface area contributed by atoms with E-state index < -0.39 is 0 Å². The van der Waals surface area contributed by atoms with Crippen LogP contribution in [0.1, 0.15) is 29.4 Å². The van der Waals surface area contributed by atoms with Gasteiger partial charge in [-0.2, -0.15) is 0 Å². The summed E-state index contributed by atoms with van der Waals surface area (Å²) in [7, 11) is 0. The van der Waals surface area contributed by atoms with Gasteiger partial charge in [-0.05, 0) is 63.4 Å². The number of hydrogen-bond acceptors (Lipinski definition) is 1. The van der Waals surface area contributed by atoms with E-state index in [0.717, 1.165) is 6.42 Å². The fraction of sp³-hybridized carbons (Fsp3) is 0.375. The van der Waals surface area contributed by atoms with Crippen LogP contribution in [-0.2, 0) is 6.42 Å². The lowest BCUT2D eigenvalue weighted by Crippen LogP contribution is -2.18. The van der Waals surface area contributed by atoms with Crippen LogP contribution in [0.4, 0.5) is 0 Å². The van der Waals surface area contributed by atoms with E-state index in [1.165, 1.54) is 28.2 Å². The minimum atomic E-state index is 0.200. The molecule has 0 radical (unpaired) electrons. The second-order valence-electron chi connectivity index (χ2n) is 5.19. The molecule has 2 nitrogen and oxygen atoms in total. The molecule has 1 atom stereocenters. The molecule has 2 rings (SSSR count). The smallest absolute Gasteiger partial charge is 0.0486 e. The highest BCUT2D eigenvalue weighted by Gasteiger charge is 2.10. The SMILES string of the molecule is Cc1c(CC(C)N)cccc1-n1c(C)ccc1C. The Balaban J connectivity index is 2.53. The Morgan fingerprint density at radius 1 is 1.06 bits per heavy atom. The molecule has 18 heavy (non-hydrogen) atoms. The van der Waals surface area contributed by atoms with E-state index in [1.807, 2.05) is 0 Å². The predicted octanol–water partition coefficient (Wildman–Crippen LogP) is 3.29. The molecule has 0 aliphatic heterocycles. The van der Waals surface area contributed by atoms with Gasteiger partial charge < -0.3 is 10.3 Å². The van der Waals surface area contributed by atoms with Crippen LogP contribution < -0.4 is 5.73 Å². The molecule has 1 aromatic carbocycles. The lowest BCUT2D eigenvalue weighted by molar-refractivity contribution is 0.733. The molecule has 2 N–H and O–H groups in total. The predicted molar refractivity (Wildman–Crippen MR) is 77.3 cm³/mol. The number of benzene rings is 1. The van der Waals surface area contributed by atoms with Gasteiger partial charge in [0.05, 0.1) is 0 Å². The van der Waals surface area contributed by atoms with Crippen molar-refractivity contribution in [1.29, 1.82) is 0 Å². The molecule has 0 amide bonds. The molecule has 0 aliphatic carbocycles. The van der Waals surface area contributed by atoms with E-state index in [2.05, 4.69) is 62.6 Å². The van der Waals surface area contributed by atoms with E-state index in [0.29, 0.717) is 0 Å². The van der Waals surface area contributed by atoms with Gasteiger partial charge in [0.2, 0.25) is 0 Å². The van der Waals surface area contributed by atoms with Gasteiger partial charge in [0.25, 0.3) is 0 Å². The molecule has 1 unspecified atom stereocenters. The largest absolute Gasteiger partial charge is 0.328 e. The van der Waals surface area contributed by atoms with Gasteiger partial charge in [0.1, 0.15) is 0 Å². The topological polar surface area (TPSA) is 30.9 Å². The normalized spacial score (nSPS) is 12.7. The summed E-state index contributed by atoms with van der Waals surface area (Å²) in [4.78, 5) is 0. The molecule has 1 heterocycles. The average Bonchev–Trinajstić information content (AvgIpc) is 2.62. The molecular weight excluding hydrogens is 220 g/mol. The van der Waals surface area contributed by atoms with Crippen molar-refractivity contribution in [1.82, 2.24) is 4.57 Å². The Hall–Kier alpha value is -1.54. The van der Waals surface area contributed by atoms with Crippen LogP contribution in [-0.4, -0.2) is 10.6 Å². The number of hydrogen-bond donors (Lipinski definition) is 1. The first-order chi connectivity index (χ1) is 8.50. The number of rotatable bonds is 3. The first-order valence-corrected chi connectivity index (χ1v) is 6.50. The molecular formula is C16H22N2. The first-order valence-electron chi connectivity index (χ1n) is 6.50. The van der Waals surface area contributed by atoms with Gasteiger partial charge >= 0.3 is 0 Å². The summed E-state index contributed by atoms with van der Waals surface area (Å²) in [5.41, 5.74) is 12.4. The van der Waals surface area contributed by atoms with Crippen LogP contribution in [0.15, 0.2) is 30.3 Å². The summed E-state index contributed by atoms with van der Waals surface area (Å²) < 4.78 is 2.31. The van der Waals surface area contributed by atoms with Gasteiger partial charge in [0, 0.05) is 23.1 Å². The van der Waals surface area contributed by atoms with Crippen molar-refractivity contribution >= 4 is 0 Å². The standard InChI is InChI=1S/C16H22N2/c1-11(17)10-15-6-5-7-16(14(15)4)18-12(2)8-9-13(18)3/h5-9,11H,10,17H2,1-4H3. The van der Waals surface area contributed by atoms with Crippen LogP contribution in [0.2, 0.25) is 0 Å². The third-order valence-corrected chi connectivity index (χ3v) is 3.47. The summed E-state index contributed by atoms with van der Waals surface area (Å²) in [6.45, 7) is 8.53. The van der Waals surface area contributed by atoms with Gasteiger partial charge in [0.15, 0.2) is 0 Å². The highest BCUT2D eigenvalue weighted by atomic mass is 15.0. The Morgan fingerprint density at radius 2 is 1.67 bits per heavy atom. The monoisotopic (exact) mass is 242 g/mol. The second-order valence-corrected chi connectivity index (χ2v) is 5.19. The van der Waals surface area contributed by atoms with E-state index in [1.54, 1.807) is 0 Å². The first kappa shape index (κ1) is 12.9. The average molecular weight is 242 g/mol. The molecule has 2 heteroatoms. The summed E-state index contributed by atoms with van der Waals surface area (Å²) in [6.07, 6.45) is 0.930. The van der Waals surface area contributed by atoms with Crippen molar-refractivity contribution in [2.24, 2.45) is 5.73 Å². The van der Waals surface area contributed by atoms with Crippen LogP contribution in [0, 0.1) is 20.8 Å². The number of aryl methyl sites for hydroxylation is 2. The van der Waals surface area contributed by atoms with Crippen molar-refractivity contribution in [3.05, 3.63) is 52.8 Å². The zero-order valence-electron chi connectivity index (χ0n) is 11.7.